The smallest absolute Gasteiger partial charge is 0.311 e. The molecule has 0 heterocycles. The van der Waals surface area contributed by atoms with Crippen LogP contribution in [0.1, 0.15) is 68.7 Å². The van der Waals surface area contributed by atoms with Crippen LogP contribution in [0.5, 0.6) is 0 Å². The number of carbonyl (C=O) groups is 2. The fraction of sp³-hybridized carbons (Fsp3) is 0.692. The monoisotopic (exact) mass is 414 g/mol. The van der Waals surface area contributed by atoms with E-state index in [1.54, 1.807) is 0 Å². The van der Waals surface area contributed by atoms with Gasteiger partial charge in [0.2, 0.25) is 0 Å². The van der Waals surface area contributed by atoms with Crippen LogP contribution >= 0.6 is 0 Å². The number of hydrogen-bond acceptors (Lipinski definition) is 4. The maximum absolute atomic E-state index is 12.8. The predicted octanol–water partition coefficient (Wildman–Crippen LogP) is 5.33. The molecule has 2 fully saturated rings. The minimum absolute atomic E-state index is 0.134. The topological polar surface area (TPSA) is 52.6 Å². The number of ether oxygens (including phenoxy) is 2. The molecule has 2 aliphatic carbocycles. The van der Waals surface area contributed by atoms with Crippen molar-refractivity contribution in [3.63, 3.8) is 0 Å². The van der Waals surface area contributed by atoms with Crippen LogP contribution in [0.3, 0.4) is 0 Å². The highest BCUT2D eigenvalue weighted by molar-refractivity contribution is 5.80. The third kappa shape index (κ3) is 4.82. The molecule has 2 saturated carbocycles. The molecule has 0 aromatic rings. The van der Waals surface area contributed by atoms with Crippen molar-refractivity contribution in [3.8, 4) is 12.3 Å². The van der Waals surface area contributed by atoms with Crippen LogP contribution in [0.4, 0.5) is 0 Å². The van der Waals surface area contributed by atoms with Crippen molar-refractivity contribution in [3.05, 3.63) is 23.3 Å². The van der Waals surface area contributed by atoms with E-state index in [1.807, 2.05) is 34.6 Å². The Balaban J connectivity index is 2.04. The van der Waals surface area contributed by atoms with E-state index in [4.69, 9.17) is 15.9 Å². The molecule has 0 saturated heterocycles. The Morgan fingerprint density at radius 1 is 0.900 bits per heavy atom. The Morgan fingerprint density at radius 2 is 1.30 bits per heavy atom. The number of esters is 2. The Hall–Kier alpha value is -2.02. The zero-order valence-electron chi connectivity index (χ0n) is 20.0. The van der Waals surface area contributed by atoms with Gasteiger partial charge in [0.25, 0.3) is 0 Å². The third-order valence-electron chi connectivity index (χ3n) is 6.77. The van der Waals surface area contributed by atoms with Gasteiger partial charge < -0.3 is 9.47 Å². The summed E-state index contributed by atoms with van der Waals surface area (Å²) in [5.41, 5.74) is 2.07. The third-order valence-corrected chi connectivity index (χ3v) is 6.77. The first-order chi connectivity index (χ1) is 13.8. The van der Waals surface area contributed by atoms with Crippen LogP contribution in [0, 0.1) is 46.8 Å². The van der Waals surface area contributed by atoms with E-state index < -0.39 is 12.2 Å². The van der Waals surface area contributed by atoms with E-state index in [9.17, 15) is 9.59 Å². The predicted molar refractivity (Wildman–Crippen MR) is 119 cm³/mol. The van der Waals surface area contributed by atoms with Crippen LogP contribution in [0.15, 0.2) is 23.3 Å². The fourth-order valence-corrected chi connectivity index (χ4v) is 4.59. The van der Waals surface area contributed by atoms with Gasteiger partial charge >= 0.3 is 11.9 Å². The zero-order valence-corrected chi connectivity index (χ0v) is 20.0. The molecule has 0 bridgehead atoms. The second-order valence-electron chi connectivity index (χ2n) is 10.5. The molecule has 6 unspecified atom stereocenters. The molecule has 30 heavy (non-hydrogen) atoms. The lowest BCUT2D eigenvalue weighted by atomic mass is 10.1. The van der Waals surface area contributed by atoms with E-state index in [0.717, 1.165) is 0 Å². The Bertz CT molecular complexity index is 784. The van der Waals surface area contributed by atoms with Crippen molar-refractivity contribution in [2.45, 2.75) is 80.9 Å². The zero-order chi connectivity index (χ0) is 23.0. The van der Waals surface area contributed by atoms with Gasteiger partial charge in [-0.25, -0.2) is 0 Å². The molecule has 0 amide bonds. The average Bonchev–Trinajstić information content (AvgIpc) is 3.37. The van der Waals surface area contributed by atoms with Crippen LogP contribution in [0.25, 0.3) is 0 Å². The van der Waals surface area contributed by atoms with Crippen LogP contribution in [0.2, 0.25) is 0 Å². The van der Waals surface area contributed by atoms with Crippen LogP contribution in [-0.4, -0.2) is 24.1 Å². The summed E-state index contributed by atoms with van der Waals surface area (Å²) in [6, 6.07) is 0. The van der Waals surface area contributed by atoms with Crippen molar-refractivity contribution >= 4 is 11.9 Å². The molecule has 0 N–H and O–H groups in total. The van der Waals surface area contributed by atoms with Gasteiger partial charge in [0.05, 0.1) is 11.8 Å². The normalized spacial score (nSPS) is 29.5. The number of hydrogen-bond donors (Lipinski definition) is 0. The molecule has 0 aromatic carbocycles. The van der Waals surface area contributed by atoms with Gasteiger partial charge in [-0.3, -0.25) is 9.59 Å². The van der Waals surface area contributed by atoms with Crippen molar-refractivity contribution in [2.24, 2.45) is 34.5 Å². The Morgan fingerprint density at radius 3 is 1.63 bits per heavy atom. The minimum Gasteiger partial charge on any atom is -0.457 e. The number of carbonyl (C=O) groups excluding carboxylic acids is 2. The molecule has 2 aliphatic rings. The SMILES string of the molecule is C#CC(OC(=O)C1C(C=C(C)C)C1(C)C)C(CC)OC(=O)C1C(C=C(C)C)C1(C)C. The van der Waals surface area contributed by atoms with Gasteiger partial charge in [0.1, 0.15) is 6.10 Å². The second-order valence-corrected chi connectivity index (χ2v) is 10.5. The molecular formula is C26H38O4. The molecule has 4 nitrogen and oxygen atoms in total. The number of terminal acetylenes is 1. The Labute approximate surface area is 182 Å². The standard InChI is InChI=1S/C26H38O4/c1-11-19(29-23(27)21-17(13-15(3)4)25(21,7)8)20(12-2)30-24(28)22-18(14-16(5)6)26(22,9)10/h1,13-14,17-22H,12H2,2-10H3. The van der Waals surface area contributed by atoms with Gasteiger partial charge in [0, 0.05) is 0 Å². The molecule has 166 valence electrons. The lowest BCUT2D eigenvalue weighted by molar-refractivity contribution is -0.166. The van der Waals surface area contributed by atoms with Crippen LogP contribution < -0.4 is 0 Å². The summed E-state index contributed by atoms with van der Waals surface area (Å²) in [5.74, 6) is 1.85. The lowest BCUT2D eigenvalue weighted by Gasteiger charge is -2.23. The van der Waals surface area contributed by atoms with Crippen molar-refractivity contribution in [1.82, 2.24) is 0 Å². The number of rotatable bonds is 8. The molecule has 4 heteroatoms. The summed E-state index contributed by atoms with van der Waals surface area (Å²) in [6.07, 6.45) is 8.89. The first kappa shape index (κ1) is 24.3. The van der Waals surface area contributed by atoms with Gasteiger partial charge in [-0.2, -0.15) is 0 Å². The van der Waals surface area contributed by atoms with Crippen molar-refractivity contribution < 1.29 is 19.1 Å². The highest BCUT2D eigenvalue weighted by Crippen LogP contribution is 2.61. The van der Waals surface area contributed by atoms with E-state index in [-0.39, 0.29) is 46.4 Å². The minimum atomic E-state index is -0.876. The van der Waals surface area contributed by atoms with Crippen molar-refractivity contribution in [2.75, 3.05) is 0 Å². The summed E-state index contributed by atoms with van der Waals surface area (Å²) >= 11 is 0. The maximum atomic E-state index is 12.8. The lowest BCUT2D eigenvalue weighted by Crippen LogP contribution is -2.35. The quantitative estimate of drug-likeness (QED) is 0.306. The molecule has 0 radical (unpaired) electrons. The van der Waals surface area contributed by atoms with E-state index in [0.29, 0.717) is 6.42 Å². The summed E-state index contributed by atoms with van der Waals surface area (Å²) in [5, 5.41) is 0. The first-order valence-corrected chi connectivity index (χ1v) is 11.0. The molecule has 0 aromatic heterocycles. The second kappa shape index (κ2) is 8.61. The van der Waals surface area contributed by atoms with E-state index in [2.05, 4.69) is 45.8 Å². The van der Waals surface area contributed by atoms with Gasteiger partial charge in [0.15, 0.2) is 6.10 Å². The van der Waals surface area contributed by atoms with Crippen molar-refractivity contribution in [1.29, 1.82) is 0 Å². The summed E-state index contributed by atoms with van der Waals surface area (Å²) in [4.78, 5) is 25.7. The van der Waals surface area contributed by atoms with E-state index >= 15 is 0 Å². The molecule has 0 spiro atoms. The summed E-state index contributed by atoms with van der Waals surface area (Å²) in [7, 11) is 0. The van der Waals surface area contributed by atoms with Crippen LogP contribution in [-0.2, 0) is 19.1 Å². The fourth-order valence-electron chi connectivity index (χ4n) is 4.59. The highest BCUT2D eigenvalue weighted by atomic mass is 16.6. The molecular weight excluding hydrogens is 376 g/mol. The molecule has 2 rings (SSSR count). The largest absolute Gasteiger partial charge is 0.457 e. The van der Waals surface area contributed by atoms with Gasteiger partial charge in [-0.1, -0.05) is 63.8 Å². The van der Waals surface area contributed by atoms with E-state index in [1.165, 1.54) is 11.1 Å². The molecule has 6 atom stereocenters. The first-order valence-electron chi connectivity index (χ1n) is 11.0. The highest BCUT2D eigenvalue weighted by Gasteiger charge is 2.63. The average molecular weight is 415 g/mol. The summed E-state index contributed by atoms with van der Waals surface area (Å²) in [6.45, 7) is 18.2. The summed E-state index contributed by atoms with van der Waals surface area (Å²) < 4.78 is 11.4. The van der Waals surface area contributed by atoms with Gasteiger partial charge in [-0.15, -0.1) is 6.42 Å². The number of allylic oxidation sites excluding steroid dienone is 4. The Kier molecular flexibility index (Phi) is 6.96. The maximum Gasteiger partial charge on any atom is 0.311 e. The molecule has 0 aliphatic heterocycles. The van der Waals surface area contributed by atoms with Gasteiger partial charge in [-0.05, 0) is 56.8 Å².